The largest absolute Gasteiger partial charge is 0.383 e. The van der Waals surface area contributed by atoms with Crippen LogP contribution in [-0.4, -0.2) is 26.8 Å². The van der Waals surface area contributed by atoms with E-state index in [0.717, 1.165) is 31.5 Å². The lowest BCUT2D eigenvalue weighted by Gasteiger charge is -2.24. The number of hydrogen-bond donors (Lipinski definition) is 1. The Hall–Kier alpha value is -0.0800. The second kappa shape index (κ2) is 8.93. The Kier molecular flexibility index (Phi) is 8.89. The minimum atomic E-state index is 0.460. The first-order valence-electron chi connectivity index (χ1n) is 7.05. The highest BCUT2D eigenvalue weighted by Gasteiger charge is 2.16. The van der Waals surface area contributed by atoms with Gasteiger partial charge in [0.05, 0.1) is 6.61 Å². The van der Waals surface area contributed by atoms with Gasteiger partial charge in [-0.15, -0.1) is 0 Å². The zero-order valence-electron chi connectivity index (χ0n) is 12.8. The third kappa shape index (κ3) is 12.2. The highest BCUT2D eigenvalue weighted by molar-refractivity contribution is 4.69. The Morgan fingerprint density at radius 3 is 2.29 bits per heavy atom. The summed E-state index contributed by atoms with van der Waals surface area (Å²) in [6, 6.07) is 0. The molecule has 0 heterocycles. The summed E-state index contributed by atoms with van der Waals surface area (Å²) in [5.74, 6) is 1.61. The molecule has 17 heavy (non-hydrogen) atoms. The van der Waals surface area contributed by atoms with Crippen molar-refractivity contribution in [2.45, 2.75) is 53.9 Å². The Balaban J connectivity index is 3.88. The second-order valence-electron chi connectivity index (χ2n) is 6.79. The molecule has 0 spiro atoms. The van der Waals surface area contributed by atoms with Crippen molar-refractivity contribution in [1.29, 1.82) is 0 Å². The number of hydrogen-bond acceptors (Lipinski definition) is 2. The number of ether oxygens (including phenoxy) is 1. The third-order valence-corrected chi connectivity index (χ3v) is 3.02. The maximum Gasteiger partial charge on any atom is 0.0587 e. The monoisotopic (exact) mass is 243 g/mol. The summed E-state index contributed by atoms with van der Waals surface area (Å²) in [6.07, 6.45) is 3.98. The van der Waals surface area contributed by atoms with Crippen LogP contribution < -0.4 is 5.32 Å². The molecule has 1 unspecified atom stereocenters. The minimum absolute atomic E-state index is 0.460. The van der Waals surface area contributed by atoms with E-state index in [1.165, 1.54) is 19.3 Å². The SMILES string of the molecule is COCCNCC(CCC(C)(C)C)CC(C)C. The Morgan fingerprint density at radius 2 is 1.82 bits per heavy atom. The third-order valence-electron chi connectivity index (χ3n) is 3.02. The second-order valence-corrected chi connectivity index (χ2v) is 6.79. The standard InChI is InChI=1S/C15H33NO/c1-13(2)11-14(7-8-15(3,4)5)12-16-9-10-17-6/h13-14,16H,7-12H2,1-6H3. The Morgan fingerprint density at radius 1 is 1.18 bits per heavy atom. The van der Waals surface area contributed by atoms with E-state index in [2.05, 4.69) is 39.9 Å². The first-order chi connectivity index (χ1) is 7.85. The molecular weight excluding hydrogens is 210 g/mol. The van der Waals surface area contributed by atoms with Gasteiger partial charge in [-0.2, -0.15) is 0 Å². The van der Waals surface area contributed by atoms with Crippen molar-refractivity contribution in [2.24, 2.45) is 17.3 Å². The van der Waals surface area contributed by atoms with Crippen molar-refractivity contribution >= 4 is 0 Å². The van der Waals surface area contributed by atoms with Crippen LogP contribution in [0, 0.1) is 17.3 Å². The van der Waals surface area contributed by atoms with Crippen molar-refractivity contribution in [3.63, 3.8) is 0 Å². The number of rotatable bonds is 9. The van der Waals surface area contributed by atoms with E-state index in [4.69, 9.17) is 4.74 Å². The molecule has 0 aromatic carbocycles. The van der Waals surface area contributed by atoms with Gasteiger partial charge >= 0.3 is 0 Å². The minimum Gasteiger partial charge on any atom is -0.383 e. The maximum absolute atomic E-state index is 5.06. The van der Waals surface area contributed by atoms with Gasteiger partial charge in [0.15, 0.2) is 0 Å². The number of methoxy groups -OCH3 is 1. The fourth-order valence-electron chi connectivity index (χ4n) is 2.09. The predicted molar refractivity (Wildman–Crippen MR) is 76.4 cm³/mol. The van der Waals surface area contributed by atoms with Crippen molar-refractivity contribution in [1.82, 2.24) is 5.32 Å². The van der Waals surface area contributed by atoms with Gasteiger partial charge in [-0.1, -0.05) is 34.6 Å². The summed E-state index contributed by atoms with van der Waals surface area (Å²) in [5.41, 5.74) is 0.460. The van der Waals surface area contributed by atoms with Crippen LogP contribution in [0.1, 0.15) is 53.9 Å². The molecule has 0 saturated heterocycles. The topological polar surface area (TPSA) is 21.3 Å². The molecule has 1 N–H and O–H groups in total. The molecule has 0 aliphatic carbocycles. The van der Waals surface area contributed by atoms with Crippen molar-refractivity contribution in [2.75, 3.05) is 26.8 Å². The molecule has 0 rings (SSSR count). The van der Waals surface area contributed by atoms with E-state index in [-0.39, 0.29) is 0 Å². The van der Waals surface area contributed by atoms with Crippen molar-refractivity contribution < 1.29 is 4.74 Å². The Bertz CT molecular complexity index is 172. The van der Waals surface area contributed by atoms with Crippen molar-refractivity contribution in [3.05, 3.63) is 0 Å². The molecule has 104 valence electrons. The molecular formula is C15H33NO. The molecule has 1 atom stereocenters. The lowest BCUT2D eigenvalue weighted by atomic mass is 9.84. The quantitative estimate of drug-likeness (QED) is 0.623. The molecule has 2 nitrogen and oxygen atoms in total. The van der Waals surface area contributed by atoms with Crippen LogP contribution in [0.2, 0.25) is 0 Å². The van der Waals surface area contributed by atoms with Gasteiger partial charge in [-0.3, -0.25) is 0 Å². The maximum atomic E-state index is 5.06. The highest BCUT2D eigenvalue weighted by Crippen LogP contribution is 2.26. The molecule has 0 aliphatic rings. The highest BCUT2D eigenvalue weighted by atomic mass is 16.5. The molecule has 0 radical (unpaired) electrons. The first-order valence-corrected chi connectivity index (χ1v) is 7.05. The summed E-state index contributed by atoms with van der Waals surface area (Å²) in [5, 5.41) is 3.50. The summed E-state index contributed by atoms with van der Waals surface area (Å²) in [4.78, 5) is 0. The van der Waals surface area contributed by atoms with Gasteiger partial charge < -0.3 is 10.1 Å². The van der Waals surface area contributed by atoms with Gasteiger partial charge in [0.1, 0.15) is 0 Å². The van der Waals surface area contributed by atoms with E-state index < -0.39 is 0 Å². The van der Waals surface area contributed by atoms with E-state index in [1.807, 2.05) is 0 Å². The van der Waals surface area contributed by atoms with E-state index in [1.54, 1.807) is 7.11 Å². The summed E-state index contributed by atoms with van der Waals surface area (Å²) in [6.45, 7) is 14.6. The Labute approximate surface area is 109 Å². The summed E-state index contributed by atoms with van der Waals surface area (Å²) >= 11 is 0. The predicted octanol–water partition coefficient (Wildman–Crippen LogP) is 3.71. The van der Waals surface area contributed by atoms with Crippen LogP contribution >= 0.6 is 0 Å². The van der Waals surface area contributed by atoms with Crippen LogP contribution in [0.3, 0.4) is 0 Å². The van der Waals surface area contributed by atoms with E-state index in [0.29, 0.717) is 5.41 Å². The fourth-order valence-corrected chi connectivity index (χ4v) is 2.09. The van der Waals surface area contributed by atoms with Crippen LogP contribution in [0.5, 0.6) is 0 Å². The van der Waals surface area contributed by atoms with Crippen LogP contribution in [-0.2, 0) is 4.74 Å². The molecule has 0 aromatic heterocycles. The molecule has 0 amide bonds. The summed E-state index contributed by atoms with van der Waals surface area (Å²) in [7, 11) is 1.76. The lowest BCUT2D eigenvalue weighted by Crippen LogP contribution is -2.27. The van der Waals surface area contributed by atoms with Crippen LogP contribution in [0.15, 0.2) is 0 Å². The van der Waals surface area contributed by atoms with Gasteiger partial charge in [-0.05, 0) is 43.1 Å². The average molecular weight is 243 g/mol. The molecule has 0 aromatic rings. The van der Waals surface area contributed by atoms with Crippen LogP contribution in [0.25, 0.3) is 0 Å². The van der Waals surface area contributed by atoms with E-state index >= 15 is 0 Å². The smallest absolute Gasteiger partial charge is 0.0587 e. The van der Waals surface area contributed by atoms with E-state index in [9.17, 15) is 0 Å². The van der Waals surface area contributed by atoms with Gasteiger partial charge in [0, 0.05) is 13.7 Å². The first kappa shape index (κ1) is 16.9. The molecule has 2 heteroatoms. The van der Waals surface area contributed by atoms with Gasteiger partial charge in [0.25, 0.3) is 0 Å². The average Bonchev–Trinajstić information content (AvgIpc) is 2.18. The molecule has 0 saturated carbocycles. The zero-order chi connectivity index (χ0) is 13.3. The summed E-state index contributed by atoms with van der Waals surface area (Å²) < 4.78 is 5.06. The van der Waals surface area contributed by atoms with Crippen molar-refractivity contribution in [3.8, 4) is 0 Å². The van der Waals surface area contributed by atoms with Crippen LogP contribution in [0.4, 0.5) is 0 Å². The zero-order valence-corrected chi connectivity index (χ0v) is 12.8. The van der Waals surface area contributed by atoms with Gasteiger partial charge in [-0.25, -0.2) is 0 Å². The fraction of sp³-hybridized carbons (Fsp3) is 1.00. The normalized spacial score (nSPS) is 14.3. The molecule has 0 aliphatic heterocycles. The lowest BCUT2D eigenvalue weighted by molar-refractivity contribution is 0.195. The van der Waals surface area contributed by atoms with Gasteiger partial charge in [0.2, 0.25) is 0 Å². The number of nitrogens with one attached hydrogen (secondary N) is 1. The molecule has 0 fully saturated rings. The molecule has 0 bridgehead atoms.